The Hall–Kier alpha value is -0.460. The molecule has 0 saturated heterocycles. The van der Waals surface area contributed by atoms with E-state index < -0.39 is 0 Å². The standard InChI is InChI=1S/C15H31N/c1-8-10-11-14(9-2)12-13(3)16(7)15(4,5)6/h14H,3,8-12H2,1-2,4-7H3. The summed E-state index contributed by atoms with van der Waals surface area (Å²) < 4.78 is 0. The fourth-order valence-electron chi connectivity index (χ4n) is 1.89. The van der Waals surface area contributed by atoms with Crippen LogP contribution in [0.15, 0.2) is 12.3 Å². The fourth-order valence-corrected chi connectivity index (χ4v) is 1.89. The van der Waals surface area contributed by atoms with Crippen LogP contribution in [0.4, 0.5) is 0 Å². The molecule has 0 heterocycles. The van der Waals surface area contributed by atoms with Crippen LogP contribution < -0.4 is 0 Å². The van der Waals surface area contributed by atoms with Gasteiger partial charge in [-0.1, -0.05) is 46.1 Å². The van der Waals surface area contributed by atoms with Crippen molar-refractivity contribution in [2.24, 2.45) is 5.92 Å². The molecule has 1 atom stereocenters. The van der Waals surface area contributed by atoms with Crippen LogP contribution in [-0.2, 0) is 0 Å². The second-order valence-electron chi connectivity index (χ2n) is 5.92. The summed E-state index contributed by atoms with van der Waals surface area (Å²) in [5, 5.41) is 0. The maximum Gasteiger partial charge on any atom is 0.0311 e. The van der Waals surface area contributed by atoms with E-state index in [0.717, 1.165) is 12.3 Å². The van der Waals surface area contributed by atoms with Crippen LogP contribution in [0.1, 0.15) is 66.7 Å². The van der Waals surface area contributed by atoms with Crippen molar-refractivity contribution in [2.45, 2.75) is 72.3 Å². The van der Waals surface area contributed by atoms with Gasteiger partial charge in [-0.3, -0.25) is 0 Å². The number of allylic oxidation sites excluding steroid dienone is 1. The molecule has 0 aromatic heterocycles. The molecule has 0 aliphatic rings. The highest BCUT2D eigenvalue weighted by Gasteiger charge is 2.19. The van der Waals surface area contributed by atoms with E-state index in [4.69, 9.17) is 0 Å². The van der Waals surface area contributed by atoms with E-state index in [-0.39, 0.29) is 5.54 Å². The van der Waals surface area contributed by atoms with Crippen molar-refractivity contribution in [2.75, 3.05) is 7.05 Å². The van der Waals surface area contributed by atoms with Crippen LogP contribution in [0.5, 0.6) is 0 Å². The average molecular weight is 225 g/mol. The van der Waals surface area contributed by atoms with E-state index in [0.29, 0.717) is 0 Å². The topological polar surface area (TPSA) is 3.24 Å². The average Bonchev–Trinajstić information content (AvgIpc) is 2.21. The monoisotopic (exact) mass is 225 g/mol. The molecule has 16 heavy (non-hydrogen) atoms. The van der Waals surface area contributed by atoms with Crippen LogP contribution in [0.25, 0.3) is 0 Å². The third-order valence-electron chi connectivity index (χ3n) is 3.55. The van der Waals surface area contributed by atoms with Gasteiger partial charge >= 0.3 is 0 Å². The molecule has 0 aromatic carbocycles. The zero-order valence-electron chi connectivity index (χ0n) is 12.3. The summed E-state index contributed by atoms with van der Waals surface area (Å²) in [6, 6.07) is 0. The molecule has 0 amide bonds. The smallest absolute Gasteiger partial charge is 0.0311 e. The minimum absolute atomic E-state index is 0.195. The van der Waals surface area contributed by atoms with Gasteiger partial charge in [-0.15, -0.1) is 0 Å². The summed E-state index contributed by atoms with van der Waals surface area (Å²) in [7, 11) is 2.16. The van der Waals surface area contributed by atoms with Crippen LogP contribution in [0, 0.1) is 5.92 Å². The molecule has 1 heteroatoms. The van der Waals surface area contributed by atoms with Crippen molar-refractivity contribution in [3.8, 4) is 0 Å². The molecule has 1 nitrogen and oxygen atoms in total. The van der Waals surface area contributed by atoms with Crippen LogP contribution in [0.2, 0.25) is 0 Å². The van der Waals surface area contributed by atoms with E-state index in [1.165, 1.54) is 31.4 Å². The van der Waals surface area contributed by atoms with Gasteiger partial charge in [0.15, 0.2) is 0 Å². The van der Waals surface area contributed by atoms with E-state index >= 15 is 0 Å². The zero-order valence-corrected chi connectivity index (χ0v) is 12.3. The molecule has 0 aromatic rings. The summed E-state index contributed by atoms with van der Waals surface area (Å²) in [4.78, 5) is 2.32. The molecule has 1 unspecified atom stereocenters. The van der Waals surface area contributed by atoms with Crippen LogP contribution in [0.3, 0.4) is 0 Å². The van der Waals surface area contributed by atoms with E-state index in [9.17, 15) is 0 Å². The van der Waals surface area contributed by atoms with Crippen molar-refractivity contribution in [1.82, 2.24) is 4.90 Å². The van der Waals surface area contributed by atoms with Gasteiger partial charge in [0, 0.05) is 18.3 Å². The lowest BCUT2D eigenvalue weighted by atomic mass is 9.93. The molecule has 0 fully saturated rings. The molecule has 0 radical (unpaired) electrons. The summed E-state index contributed by atoms with van der Waals surface area (Å²) in [6.45, 7) is 15.5. The molecule has 0 spiro atoms. The second kappa shape index (κ2) is 6.98. The Morgan fingerprint density at radius 3 is 2.19 bits per heavy atom. The molecular weight excluding hydrogens is 194 g/mol. The van der Waals surface area contributed by atoms with Gasteiger partial charge in [0.1, 0.15) is 0 Å². The first-order valence-electron chi connectivity index (χ1n) is 6.74. The Morgan fingerprint density at radius 1 is 1.25 bits per heavy atom. The lowest BCUT2D eigenvalue weighted by Gasteiger charge is -2.36. The first kappa shape index (κ1) is 15.5. The third kappa shape index (κ3) is 5.58. The summed E-state index contributed by atoms with van der Waals surface area (Å²) >= 11 is 0. The summed E-state index contributed by atoms with van der Waals surface area (Å²) in [6.07, 6.45) is 6.44. The van der Waals surface area contributed by atoms with Crippen molar-refractivity contribution >= 4 is 0 Å². The van der Waals surface area contributed by atoms with Crippen molar-refractivity contribution < 1.29 is 0 Å². The third-order valence-corrected chi connectivity index (χ3v) is 3.55. The highest BCUT2D eigenvalue weighted by Crippen LogP contribution is 2.25. The quantitative estimate of drug-likeness (QED) is 0.599. The number of rotatable bonds is 7. The minimum atomic E-state index is 0.195. The predicted molar refractivity (Wildman–Crippen MR) is 74.6 cm³/mol. The summed E-state index contributed by atoms with van der Waals surface area (Å²) in [5.41, 5.74) is 1.48. The fraction of sp³-hybridized carbons (Fsp3) is 0.867. The Morgan fingerprint density at radius 2 is 1.81 bits per heavy atom. The Kier molecular flexibility index (Phi) is 6.78. The molecule has 0 rings (SSSR count). The van der Waals surface area contributed by atoms with Gasteiger partial charge in [-0.25, -0.2) is 0 Å². The Labute approximate surface area is 103 Å². The molecule has 0 bridgehead atoms. The summed E-state index contributed by atoms with van der Waals surface area (Å²) in [5.74, 6) is 0.817. The number of unbranched alkanes of at least 4 members (excludes halogenated alkanes) is 1. The number of nitrogens with zero attached hydrogens (tertiary/aromatic N) is 1. The lowest BCUT2D eigenvalue weighted by Crippen LogP contribution is -2.37. The Balaban J connectivity index is 4.19. The first-order valence-corrected chi connectivity index (χ1v) is 6.74. The molecule has 0 aliphatic carbocycles. The van der Waals surface area contributed by atoms with Gasteiger partial charge in [0.05, 0.1) is 0 Å². The van der Waals surface area contributed by atoms with Gasteiger partial charge < -0.3 is 4.90 Å². The van der Waals surface area contributed by atoms with Crippen molar-refractivity contribution in [3.63, 3.8) is 0 Å². The van der Waals surface area contributed by atoms with E-state index in [2.05, 4.69) is 53.1 Å². The largest absolute Gasteiger partial charge is 0.374 e. The molecule has 0 aliphatic heterocycles. The number of hydrogen-bond donors (Lipinski definition) is 0. The predicted octanol–water partition coefficient (Wildman–Crippen LogP) is 4.84. The number of hydrogen-bond acceptors (Lipinski definition) is 1. The SMILES string of the molecule is C=C(CC(CC)CCCC)N(C)C(C)(C)C. The van der Waals surface area contributed by atoms with Crippen molar-refractivity contribution in [3.05, 3.63) is 12.3 Å². The minimum Gasteiger partial charge on any atom is -0.374 e. The first-order chi connectivity index (χ1) is 7.32. The molecular formula is C15H31N. The van der Waals surface area contributed by atoms with Crippen LogP contribution >= 0.6 is 0 Å². The van der Waals surface area contributed by atoms with E-state index in [1.54, 1.807) is 0 Å². The normalized spacial score (nSPS) is 13.6. The highest BCUT2D eigenvalue weighted by molar-refractivity contribution is 4.99. The zero-order chi connectivity index (χ0) is 12.8. The highest BCUT2D eigenvalue weighted by atomic mass is 15.2. The van der Waals surface area contributed by atoms with Gasteiger partial charge in [-0.2, -0.15) is 0 Å². The van der Waals surface area contributed by atoms with Gasteiger partial charge in [-0.05, 0) is 33.1 Å². The molecule has 0 N–H and O–H groups in total. The maximum absolute atomic E-state index is 4.24. The second-order valence-corrected chi connectivity index (χ2v) is 5.92. The lowest BCUT2D eigenvalue weighted by molar-refractivity contribution is 0.211. The van der Waals surface area contributed by atoms with Crippen LogP contribution in [-0.4, -0.2) is 17.5 Å². The Bertz CT molecular complexity index is 200. The van der Waals surface area contributed by atoms with Gasteiger partial charge in [0.25, 0.3) is 0 Å². The molecule has 0 saturated carbocycles. The van der Waals surface area contributed by atoms with Gasteiger partial charge in [0.2, 0.25) is 0 Å². The maximum atomic E-state index is 4.24. The van der Waals surface area contributed by atoms with E-state index in [1.807, 2.05) is 0 Å². The van der Waals surface area contributed by atoms with Crippen molar-refractivity contribution in [1.29, 1.82) is 0 Å². The molecule has 96 valence electrons.